The first-order valence-electron chi connectivity index (χ1n) is 8.72. The number of aryl methyl sites for hydroxylation is 1. The predicted molar refractivity (Wildman–Crippen MR) is 103 cm³/mol. The fourth-order valence-electron chi connectivity index (χ4n) is 3.24. The van der Waals surface area contributed by atoms with Crippen molar-refractivity contribution in [3.8, 4) is 10.6 Å². The molecule has 1 aliphatic rings. The van der Waals surface area contributed by atoms with Gasteiger partial charge in [0, 0.05) is 49.5 Å². The molecular formula is C19H21N5OS. The standard InChI is InChI=1S/C19H21N5OS/c1-23-12-15(10-21-23)19-22-17(13-26-19)18(25)20-9-14-7-8-24(11-14)16-5-3-2-4-6-16/h2-6,10,12-14H,7-9,11H2,1H3,(H,20,25). The van der Waals surface area contributed by atoms with Crippen molar-refractivity contribution >= 4 is 22.9 Å². The number of aromatic nitrogens is 3. The molecule has 4 rings (SSSR count). The van der Waals surface area contributed by atoms with Crippen LogP contribution in [-0.2, 0) is 7.05 Å². The van der Waals surface area contributed by atoms with Gasteiger partial charge in [0.25, 0.3) is 5.91 Å². The Hall–Kier alpha value is -2.67. The van der Waals surface area contributed by atoms with E-state index in [1.807, 2.05) is 24.7 Å². The van der Waals surface area contributed by atoms with Crippen molar-refractivity contribution in [2.45, 2.75) is 6.42 Å². The van der Waals surface area contributed by atoms with Gasteiger partial charge in [0.05, 0.1) is 6.20 Å². The molecule has 2 aromatic heterocycles. The van der Waals surface area contributed by atoms with Gasteiger partial charge >= 0.3 is 0 Å². The van der Waals surface area contributed by atoms with Crippen LogP contribution in [0.2, 0.25) is 0 Å². The van der Waals surface area contributed by atoms with Crippen molar-refractivity contribution in [1.29, 1.82) is 0 Å². The maximum atomic E-state index is 12.4. The molecule has 0 aliphatic carbocycles. The Morgan fingerprint density at radius 1 is 1.35 bits per heavy atom. The minimum atomic E-state index is -0.102. The van der Waals surface area contributed by atoms with E-state index >= 15 is 0 Å². The van der Waals surface area contributed by atoms with Crippen LogP contribution in [0, 0.1) is 5.92 Å². The Labute approximate surface area is 156 Å². The number of nitrogens with one attached hydrogen (secondary N) is 1. The molecule has 134 valence electrons. The van der Waals surface area contributed by atoms with Gasteiger partial charge in [0.1, 0.15) is 10.7 Å². The number of para-hydroxylation sites is 1. The molecule has 1 saturated heterocycles. The van der Waals surface area contributed by atoms with E-state index < -0.39 is 0 Å². The van der Waals surface area contributed by atoms with E-state index in [-0.39, 0.29) is 5.91 Å². The van der Waals surface area contributed by atoms with E-state index in [0.717, 1.165) is 30.1 Å². The highest BCUT2D eigenvalue weighted by atomic mass is 32.1. The second-order valence-corrected chi connectivity index (χ2v) is 7.44. The zero-order valence-corrected chi connectivity index (χ0v) is 15.4. The summed E-state index contributed by atoms with van der Waals surface area (Å²) in [5.41, 5.74) is 2.67. The molecule has 0 saturated carbocycles. The fourth-order valence-corrected chi connectivity index (χ4v) is 4.02. The van der Waals surface area contributed by atoms with Gasteiger partial charge in [-0.25, -0.2) is 4.98 Å². The molecule has 0 spiro atoms. The Bertz CT molecular complexity index is 888. The topological polar surface area (TPSA) is 63.1 Å². The lowest BCUT2D eigenvalue weighted by atomic mass is 10.1. The average Bonchev–Trinajstić information content (AvgIpc) is 3.40. The van der Waals surface area contributed by atoms with Crippen LogP contribution in [0.4, 0.5) is 5.69 Å². The van der Waals surface area contributed by atoms with Gasteiger partial charge in [-0.15, -0.1) is 11.3 Å². The lowest BCUT2D eigenvalue weighted by molar-refractivity contribution is 0.0944. The zero-order valence-electron chi connectivity index (χ0n) is 14.6. The van der Waals surface area contributed by atoms with Gasteiger partial charge in [-0.1, -0.05) is 18.2 Å². The van der Waals surface area contributed by atoms with E-state index in [2.05, 4.69) is 44.6 Å². The Morgan fingerprint density at radius 2 is 2.19 bits per heavy atom. The first-order valence-corrected chi connectivity index (χ1v) is 9.60. The fraction of sp³-hybridized carbons (Fsp3) is 0.316. The lowest BCUT2D eigenvalue weighted by Crippen LogP contribution is -2.31. The van der Waals surface area contributed by atoms with Crippen molar-refractivity contribution in [2.24, 2.45) is 13.0 Å². The Kier molecular flexibility index (Phi) is 4.71. The van der Waals surface area contributed by atoms with Gasteiger partial charge in [0.15, 0.2) is 0 Å². The number of nitrogens with zero attached hydrogens (tertiary/aromatic N) is 4. The quantitative estimate of drug-likeness (QED) is 0.753. The number of hydrogen-bond donors (Lipinski definition) is 1. The van der Waals surface area contributed by atoms with Crippen molar-refractivity contribution < 1.29 is 4.79 Å². The van der Waals surface area contributed by atoms with Crippen LogP contribution in [-0.4, -0.2) is 40.3 Å². The van der Waals surface area contributed by atoms with Crippen LogP contribution < -0.4 is 10.2 Å². The molecule has 3 heterocycles. The van der Waals surface area contributed by atoms with Crippen LogP contribution in [0.1, 0.15) is 16.9 Å². The first-order chi connectivity index (χ1) is 12.7. The SMILES string of the molecule is Cn1cc(-c2nc(C(=O)NCC3CCN(c4ccccc4)C3)cs2)cn1. The molecule has 0 radical (unpaired) electrons. The lowest BCUT2D eigenvalue weighted by Gasteiger charge is -2.18. The highest BCUT2D eigenvalue weighted by molar-refractivity contribution is 7.13. The maximum Gasteiger partial charge on any atom is 0.270 e. The molecular weight excluding hydrogens is 346 g/mol. The molecule has 26 heavy (non-hydrogen) atoms. The van der Waals surface area contributed by atoms with E-state index in [0.29, 0.717) is 18.2 Å². The highest BCUT2D eigenvalue weighted by Crippen LogP contribution is 2.24. The second-order valence-electron chi connectivity index (χ2n) is 6.59. The van der Waals surface area contributed by atoms with Crippen LogP contribution in [0.15, 0.2) is 48.1 Å². The number of benzene rings is 1. The van der Waals surface area contributed by atoms with Gasteiger partial charge in [-0.3, -0.25) is 9.48 Å². The van der Waals surface area contributed by atoms with Gasteiger partial charge in [-0.2, -0.15) is 5.10 Å². The second kappa shape index (κ2) is 7.29. The summed E-state index contributed by atoms with van der Waals surface area (Å²) in [6.07, 6.45) is 4.75. The summed E-state index contributed by atoms with van der Waals surface area (Å²) in [6.45, 7) is 2.69. The Morgan fingerprint density at radius 3 is 2.96 bits per heavy atom. The summed E-state index contributed by atoms with van der Waals surface area (Å²) in [5.74, 6) is 0.366. The van der Waals surface area contributed by atoms with Crippen LogP contribution in [0.5, 0.6) is 0 Å². The summed E-state index contributed by atoms with van der Waals surface area (Å²) >= 11 is 1.47. The third-order valence-electron chi connectivity index (χ3n) is 4.65. The van der Waals surface area contributed by atoms with Crippen LogP contribution >= 0.6 is 11.3 Å². The van der Waals surface area contributed by atoms with E-state index in [9.17, 15) is 4.79 Å². The molecule has 1 aromatic carbocycles. The van der Waals surface area contributed by atoms with Crippen molar-refractivity contribution in [2.75, 3.05) is 24.5 Å². The average molecular weight is 367 g/mol. The molecule has 0 bridgehead atoms. The number of rotatable bonds is 5. The molecule has 1 atom stereocenters. The first kappa shape index (κ1) is 16.8. The smallest absolute Gasteiger partial charge is 0.270 e. The third-order valence-corrected chi connectivity index (χ3v) is 5.54. The zero-order chi connectivity index (χ0) is 17.9. The molecule has 1 unspecified atom stereocenters. The number of carbonyl (C=O) groups is 1. The molecule has 1 aliphatic heterocycles. The maximum absolute atomic E-state index is 12.4. The van der Waals surface area contributed by atoms with Gasteiger partial charge in [-0.05, 0) is 24.5 Å². The van der Waals surface area contributed by atoms with Crippen LogP contribution in [0.3, 0.4) is 0 Å². The summed E-state index contributed by atoms with van der Waals surface area (Å²) in [7, 11) is 1.87. The summed E-state index contributed by atoms with van der Waals surface area (Å²) in [5, 5.41) is 9.81. The number of carbonyl (C=O) groups excluding carboxylic acids is 1. The largest absolute Gasteiger partial charge is 0.371 e. The number of anilines is 1. The van der Waals surface area contributed by atoms with Crippen molar-refractivity contribution in [1.82, 2.24) is 20.1 Å². The summed E-state index contributed by atoms with van der Waals surface area (Å²) in [6, 6.07) is 10.4. The van der Waals surface area contributed by atoms with E-state index in [4.69, 9.17) is 0 Å². The number of hydrogen-bond acceptors (Lipinski definition) is 5. The molecule has 1 fully saturated rings. The predicted octanol–water partition coefficient (Wildman–Crippen LogP) is 2.80. The molecule has 3 aromatic rings. The molecule has 1 N–H and O–H groups in total. The normalized spacial score (nSPS) is 16.8. The minimum Gasteiger partial charge on any atom is -0.371 e. The Balaban J connectivity index is 1.31. The van der Waals surface area contributed by atoms with Crippen LogP contribution in [0.25, 0.3) is 10.6 Å². The highest BCUT2D eigenvalue weighted by Gasteiger charge is 2.23. The third kappa shape index (κ3) is 3.62. The van der Waals surface area contributed by atoms with Gasteiger partial charge < -0.3 is 10.2 Å². The monoisotopic (exact) mass is 367 g/mol. The summed E-state index contributed by atoms with van der Waals surface area (Å²) in [4.78, 5) is 19.2. The minimum absolute atomic E-state index is 0.102. The van der Waals surface area contributed by atoms with E-state index in [1.54, 1.807) is 10.9 Å². The molecule has 6 nitrogen and oxygen atoms in total. The number of amides is 1. The molecule has 7 heteroatoms. The molecule has 1 amide bonds. The van der Waals surface area contributed by atoms with E-state index in [1.165, 1.54) is 17.0 Å². The van der Waals surface area contributed by atoms with Crippen molar-refractivity contribution in [3.63, 3.8) is 0 Å². The van der Waals surface area contributed by atoms with Crippen molar-refractivity contribution in [3.05, 3.63) is 53.8 Å². The van der Waals surface area contributed by atoms with Gasteiger partial charge in [0.2, 0.25) is 0 Å². The summed E-state index contributed by atoms with van der Waals surface area (Å²) < 4.78 is 1.73. The number of thiazole rings is 1.